The molecular weight excluding hydrogens is 228 g/mol. The van der Waals surface area contributed by atoms with Crippen LogP contribution in [0.2, 0.25) is 0 Å². The first-order valence-electron chi connectivity index (χ1n) is 6.51. The van der Waals surface area contributed by atoms with Gasteiger partial charge in [-0.1, -0.05) is 13.0 Å². The predicted octanol–water partition coefficient (Wildman–Crippen LogP) is 2.89. The molecule has 3 heteroatoms. The third-order valence-corrected chi connectivity index (χ3v) is 5.24. The van der Waals surface area contributed by atoms with Crippen molar-refractivity contribution in [3.05, 3.63) is 30.1 Å². The molecule has 2 atom stereocenters. The Bertz CT molecular complexity index is 333. The minimum atomic E-state index is 0.395. The lowest BCUT2D eigenvalue weighted by Gasteiger charge is -2.34. The van der Waals surface area contributed by atoms with E-state index in [0.717, 1.165) is 13.0 Å². The SMILES string of the molecule is CCNC(Cc1cccnc1)C1(C)CCCS1. The average Bonchev–Trinajstić information content (AvgIpc) is 2.78. The number of hydrogen-bond acceptors (Lipinski definition) is 3. The summed E-state index contributed by atoms with van der Waals surface area (Å²) in [7, 11) is 0. The van der Waals surface area contributed by atoms with E-state index in [-0.39, 0.29) is 0 Å². The smallest absolute Gasteiger partial charge is 0.0300 e. The Morgan fingerprint density at radius 1 is 1.59 bits per heavy atom. The van der Waals surface area contributed by atoms with Gasteiger partial charge in [0.1, 0.15) is 0 Å². The van der Waals surface area contributed by atoms with Gasteiger partial charge < -0.3 is 5.32 Å². The van der Waals surface area contributed by atoms with Gasteiger partial charge in [0.15, 0.2) is 0 Å². The van der Waals surface area contributed by atoms with E-state index in [1.165, 1.54) is 24.2 Å². The Morgan fingerprint density at radius 2 is 2.47 bits per heavy atom. The van der Waals surface area contributed by atoms with Crippen LogP contribution in [0.3, 0.4) is 0 Å². The summed E-state index contributed by atoms with van der Waals surface area (Å²) in [5.41, 5.74) is 1.34. The molecule has 1 N–H and O–H groups in total. The molecule has 2 nitrogen and oxygen atoms in total. The molecule has 17 heavy (non-hydrogen) atoms. The first-order valence-corrected chi connectivity index (χ1v) is 7.49. The summed E-state index contributed by atoms with van der Waals surface area (Å²) >= 11 is 2.13. The summed E-state index contributed by atoms with van der Waals surface area (Å²) < 4.78 is 0.395. The summed E-state index contributed by atoms with van der Waals surface area (Å²) in [4.78, 5) is 4.21. The molecule has 2 heterocycles. The molecule has 0 amide bonds. The molecule has 2 rings (SSSR count). The molecule has 1 fully saturated rings. The zero-order valence-corrected chi connectivity index (χ0v) is 11.6. The largest absolute Gasteiger partial charge is 0.313 e. The van der Waals surface area contributed by atoms with Crippen molar-refractivity contribution in [1.29, 1.82) is 0 Å². The third kappa shape index (κ3) is 3.23. The topological polar surface area (TPSA) is 24.9 Å². The van der Waals surface area contributed by atoms with E-state index in [1.807, 2.05) is 18.5 Å². The maximum atomic E-state index is 4.21. The normalized spacial score (nSPS) is 26.0. The molecule has 0 bridgehead atoms. The Morgan fingerprint density at radius 3 is 3.06 bits per heavy atom. The molecule has 0 radical (unpaired) electrons. The fourth-order valence-electron chi connectivity index (χ4n) is 2.58. The van der Waals surface area contributed by atoms with Crippen molar-refractivity contribution in [3.63, 3.8) is 0 Å². The summed E-state index contributed by atoms with van der Waals surface area (Å²) in [6.45, 7) is 5.65. The molecule has 94 valence electrons. The molecule has 1 aromatic heterocycles. The van der Waals surface area contributed by atoms with E-state index in [2.05, 4.69) is 42.0 Å². The zero-order valence-electron chi connectivity index (χ0n) is 10.8. The minimum Gasteiger partial charge on any atom is -0.313 e. The van der Waals surface area contributed by atoms with E-state index in [4.69, 9.17) is 0 Å². The monoisotopic (exact) mass is 250 g/mol. The standard InChI is InChI=1S/C14H22N2S/c1-3-16-13(14(2)7-5-9-17-14)10-12-6-4-8-15-11-12/h4,6,8,11,13,16H,3,5,7,9-10H2,1-2H3. The van der Waals surface area contributed by atoms with Gasteiger partial charge in [-0.2, -0.15) is 11.8 Å². The van der Waals surface area contributed by atoms with E-state index in [1.54, 1.807) is 0 Å². The van der Waals surface area contributed by atoms with Crippen molar-refractivity contribution in [2.75, 3.05) is 12.3 Å². The molecule has 0 saturated carbocycles. The number of pyridine rings is 1. The molecular formula is C14H22N2S. The second-order valence-electron chi connectivity index (χ2n) is 4.94. The van der Waals surface area contributed by atoms with Crippen LogP contribution in [-0.4, -0.2) is 28.1 Å². The molecule has 0 aromatic carbocycles. The van der Waals surface area contributed by atoms with E-state index in [9.17, 15) is 0 Å². The minimum absolute atomic E-state index is 0.395. The lowest BCUT2D eigenvalue weighted by molar-refractivity contribution is 0.406. The van der Waals surface area contributed by atoms with E-state index >= 15 is 0 Å². The van der Waals surface area contributed by atoms with Crippen molar-refractivity contribution in [1.82, 2.24) is 10.3 Å². The van der Waals surface area contributed by atoms with Crippen molar-refractivity contribution in [3.8, 4) is 0 Å². The van der Waals surface area contributed by atoms with Crippen LogP contribution in [0.15, 0.2) is 24.5 Å². The third-order valence-electron chi connectivity index (χ3n) is 3.60. The lowest BCUT2D eigenvalue weighted by Crippen LogP contribution is -2.46. The van der Waals surface area contributed by atoms with E-state index < -0.39 is 0 Å². The number of aromatic nitrogens is 1. The molecule has 1 aliphatic rings. The molecule has 0 spiro atoms. The van der Waals surface area contributed by atoms with Gasteiger partial charge in [-0.3, -0.25) is 4.98 Å². The summed E-state index contributed by atoms with van der Waals surface area (Å²) in [5.74, 6) is 1.31. The van der Waals surface area contributed by atoms with E-state index in [0.29, 0.717) is 10.8 Å². The number of likely N-dealkylation sites (N-methyl/N-ethyl adjacent to an activating group) is 1. The Kier molecular flexibility index (Phi) is 4.46. The van der Waals surface area contributed by atoms with Crippen molar-refractivity contribution < 1.29 is 0 Å². The first-order chi connectivity index (χ1) is 8.24. The fraction of sp³-hybridized carbons (Fsp3) is 0.643. The van der Waals surface area contributed by atoms with Gasteiger partial charge in [-0.05, 0) is 50.1 Å². The number of rotatable bonds is 5. The zero-order chi connectivity index (χ0) is 12.1. The molecule has 1 aromatic rings. The Balaban J connectivity index is 2.07. The number of nitrogens with zero attached hydrogens (tertiary/aromatic N) is 1. The van der Waals surface area contributed by atoms with Crippen LogP contribution in [0.4, 0.5) is 0 Å². The number of thioether (sulfide) groups is 1. The highest BCUT2D eigenvalue weighted by Crippen LogP contribution is 2.41. The maximum absolute atomic E-state index is 4.21. The molecule has 1 saturated heterocycles. The van der Waals surface area contributed by atoms with Gasteiger partial charge in [0.25, 0.3) is 0 Å². The number of hydrogen-bond donors (Lipinski definition) is 1. The van der Waals surface area contributed by atoms with Gasteiger partial charge in [-0.15, -0.1) is 0 Å². The van der Waals surface area contributed by atoms with Gasteiger partial charge in [0.2, 0.25) is 0 Å². The van der Waals surface area contributed by atoms with Crippen LogP contribution in [0.5, 0.6) is 0 Å². The van der Waals surface area contributed by atoms with Gasteiger partial charge in [0, 0.05) is 23.2 Å². The van der Waals surface area contributed by atoms with Crippen molar-refractivity contribution in [2.45, 2.75) is 43.9 Å². The Labute approximate surface area is 109 Å². The van der Waals surface area contributed by atoms with Gasteiger partial charge in [0.05, 0.1) is 0 Å². The second-order valence-corrected chi connectivity index (χ2v) is 6.57. The molecule has 2 unspecified atom stereocenters. The maximum Gasteiger partial charge on any atom is 0.0300 e. The van der Waals surface area contributed by atoms with Crippen LogP contribution in [0, 0.1) is 0 Å². The van der Waals surface area contributed by atoms with Gasteiger partial charge in [-0.25, -0.2) is 0 Å². The fourth-order valence-corrected chi connectivity index (χ4v) is 3.99. The Hall–Kier alpha value is -0.540. The van der Waals surface area contributed by atoms with Crippen LogP contribution in [-0.2, 0) is 6.42 Å². The summed E-state index contributed by atoms with van der Waals surface area (Å²) in [6.07, 6.45) is 7.61. The highest BCUT2D eigenvalue weighted by molar-refractivity contribution is 8.00. The number of nitrogens with one attached hydrogen (secondary N) is 1. The van der Waals surface area contributed by atoms with Crippen molar-refractivity contribution >= 4 is 11.8 Å². The predicted molar refractivity (Wildman–Crippen MR) is 75.5 cm³/mol. The van der Waals surface area contributed by atoms with Crippen LogP contribution >= 0.6 is 11.8 Å². The summed E-state index contributed by atoms with van der Waals surface area (Å²) in [6, 6.07) is 4.77. The first kappa shape index (κ1) is 12.9. The van der Waals surface area contributed by atoms with Gasteiger partial charge >= 0.3 is 0 Å². The average molecular weight is 250 g/mol. The van der Waals surface area contributed by atoms with Crippen LogP contribution < -0.4 is 5.32 Å². The lowest BCUT2D eigenvalue weighted by atomic mass is 9.91. The van der Waals surface area contributed by atoms with Crippen LogP contribution in [0.1, 0.15) is 32.3 Å². The highest BCUT2D eigenvalue weighted by atomic mass is 32.2. The highest BCUT2D eigenvalue weighted by Gasteiger charge is 2.37. The van der Waals surface area contributed by atoms with Crippen LogP contribution in [0.25, 0.3) is 0 Å². The molecule has 0 aliphatic carbocycles. The summed E-state index contributed by atoms with van der Waals surface area (Å²) in [5, 5.41) is 3.66. The molecule has 1 aliphatic heterocycles. The second kappa shape index (κ2) is 5.87. The van der Waals surface area contributed by atoms with Crippen molar-refractivity contribution in [2.24, 2.45) is 0 Å². The quantitative estimate of drug-likeness (QED) is 0.870.